The third-order valence-corrected chi connectivity index (χ3v) is 5.60. The summed E-state index contributed by atoms with van der Waals surface area (Å²) in [5.41, 5.74) is 1.81. The molecule has 6 heteroatoms. The number of methoxy groups -OCH3 is 3. The predicted octanol–water partition coefficient (Wildman–Crippen LogP) is 3.59. The van der Waals surface area contributed by atoms with Gasteiger partial charge in [0.15, 0.2) is 0 Å². The first-order chi connectivity index (χ1) is 14.6. The fraction of sp³-hybridized carbons (Fsp3) is 0.375. The van der Waals surface area contributed by atoms with Gasteiger partial charge >= 0.3 is 0 Å². The lowest BCUT2D eigenvalue weighted by molar-refractivity contribution is -0.116. The van der Waals surface area contributed by atoms with Crippen molar-refractivity contribution >= 4 is 12.0 Å². The van der Waals surface area contributed by atoms with Crippen molar-refractivity contribution < 1.29 is 23.7 Å². The van der Waals surface area contributed by atoms with Gasteiger partial charge in [-0.3, -0.25) is 4.79 Å². The highest BCUT2D eigenvalue weighted by molar-refractivity contribution is 5.92. The van der Waals surface area contributed by atoms with E-state index in [4.69, 9.17) is 18.9 Å². The molecule has 3 rings (SSSR count). The summed E-state index contributed by atoms with van der Waals surface area (Å²) in [6.07, 6.45) is 4.97. The van der Waals surface area contributed by atoms with Gasteiger partial charge in [-0.2, -0.15) is 0 Å². The molecule has 0 aliphatic carbocycles. The Kier molecular flexibility index (Phi) is 7.36. The Hall–Kier alpha value is -2.99. The summed E-state index contributed by atoms with van der Waals surface area (Å²) < 4.78 is 21.5. The van der Waals surface area contributed by atoms with Crippen LogP contribution in [0.1, 0.15) is 24.0 Å². The Morgan fingerprint density at radius 1 is 1.00 bits per heavy atom. The van der Waals surface area contributed by atoms with E-state index in [-0.39, 0.29) is 11.3 Å². The summed E-state index contributed by atoms with van der Waals surface area (Å²) in [4.78, 5) is 12.6. The lowest BCUT2D eigenvalue weighted by Gasteiger charge is -2.38. The van der Waals surface area contributed by atoms with Crippen LogP contribution >= 0.6 is 0 Å². The van der Waals surface area contributed by atoms with Crippen molar-refractivity contribution in [3.05, 3.63) is 59.7 Å². The van der Waals surface area contributed by atoms with Gasteiger partial charge in [-0.1, -0.05) is 12.1 Å². The summed E-state index contributed by atoms with van der Waals surface area (Å²) >= 11 is 0. The molecule has 160 valence electrons. The molecule has 0 spiro atoms. The number of carbonyl (C=O) groups excluding carboxylic acids is 1. The average Bonchev–Trinajstić information content (AvgIpc) is 2.81. The molecule has 2 aromatic carbocycles. The minimum absolute atomic E-state index is 0.151. The molecule has 1 amide bonds. The van der Waals surface area contributed by atoms with Gasteiger partial charge in [0.2, 0.25) is 5.91 Å². The van der Waals surface area contributed by atoms with Crippen LogP contribution < -0.4 is 19.5 Å². The van der Waals surface area contributed by atoms with Crippen LogP contribution in [-0.2, 0) is 14.9 Å². The number of carbonyl (C=O) groups is 1. The van der Waals surface area contributed by atoms with Gasteiger partial charge in [-0.05, 0) is 54.8 Å². The van der Waals surface area contributed by atoms with Crippen LogP contribution in [0, 0.1) is 0 Å². The SMILES string of the molecule is COc1ccc(C2(CNC(=O)C=Cc3cc(OC)ccc3OC)CCOCC2)cc1. The lowest BCUT2D eigenvalue weighted by atomic mass is 9.74. The molecule has 0 aromatic heterocycles. The van der Waals surface area contributed by atoms with Gasteiger partial charge in [-0.25, -0.2) is 0 Å². The lowest BCUT2D eigenvalue weighted by Crippen LogP contribution is -2.44. The highest BCUT2D eigenvalue weighted by Crippen LogP contribution is 2.35. The first kappa shape index (κ1) is 21.7. The summed E-state index contributed by atoms with van der Waals surface area (Å²) in [7, 11) is 4.86. The summed E-state index contributed by atoms with van der Waals surface area (Å²) in [5, 5.41) is 3.07. The molecule has 2 aromatic rings. The van der Waals surface area contributed by atoms with Crippen molar-refractivity contribution in [2.24, 2.45) is 0 Å². The van der Waals surface area contributed by atoms with Crippen LogP contribution in [0.25, 0.3) is 6.08 Å². The molecule has 6 nitrogen and oxygen atoms in total. The molecule has 1 aliphatic rings. The maximum absolute atomic E-state index is 12.6. The van der Waals surface area contributed by atoms with Gasteiger partial charge in [-0.15, -0.1) is 0 Å². The van der Waals surface area contributed by atoms with E-state index < -0.39 is 0 Å². The Morgan fingerprint density at radius 3 is 2.30 bits per heavy atom. The van der Waals surface area contributed by atoms with Crippen molar-refractivity contribution in [2.45, 2.75) is 18.3 Å². The molecule has 0 saturated carbocycles. The third kappa shape index (κ3) is 5.13. The van der Waals surface area contributed by atoms with E-state index in [0.29, 0.717) is 31.3 Å². The van der Waals surface area contributed by atoms with E-state index >= 15 is 0 Å². The minimum Gasteiger partial charge on any atom is -0.497 e. The molecule has 1 N–H and O–H groups in total. The predicted molar refractivity (Wildman–Crippen MR) is 116 cm³/mol. The van der Waals surface area contributed by atoms with Gasteiger partial charge < -0.3 is 24.3 Å². The number of ether oxygens (including phenoxy) is 4. The van der Waals surface area contributed by atoms with Gasteiger partial charge in [0.05, 0.1) is 21.3 Å². The van der Waals surface area contributed by atoms with Crippen LogP contribution in [0.3, 0.4) is 0 Å². The smallest absolute Gasteiger partial charge is 0.244 e. The zero-order valence-electron chi connectivity index (χ0n) is 17.8. The van der Waals surface area contributed by atoms with E-state index in [9.17, 15) is 4.79 Å². The standard InChI is InChI=1S/C24H29NO5/c1-27-20-7-5-19(6-8-20)24(12-14-30-15-13-24)17-25-23(26)11-4-18-16-21(28-2)9-10-22(18)29-3/h4-11,16H,12-15,17H2,1-3H3,(H,25,26). The van der Waals surface area contributed by atoms with Crippen LogP contribution in [0.5, 0.6) is 17.2 Å². The molecule has 0 atom stereocenters. The molecule has 0 unspecified atom stereocenters. The van der Waals surface area contributed by atoms with Crippen molar-refractivity contribution in [3.63, 3.8) is 0 Å². The molecule has 1 saturated heterocycles. The van der Waals surface area contributed by atoms with E-state index in [1.807, 2.05) is 30.3 Å². The largest absolute Gasteiger partial charge is 0.497 e. The molecule has 1 aliphatic heterocycles. The number of amides is 1. The Balaban J connectivity index is 1.71. The van der Waals surface area contributed by atoms with Gasteiger partial charge in [0, 0.05) is 36.8 Å². The van der Waals surface area contributed by atoms with Gasteiger partial charge in [0.25, 0.3) is 0 Å². The number of nitrogens with one attached hydrogen (secondary N) is 1. The summed E-state index contributed by atoms with van der Waals surface area (Å²) in [5.74, 6) is 2.05. The normalized spacial score (nSPS) is 15.6. The fourth-order valence-electron chi connectivity index (χ4n) is 3.72. The van der Waals surface area contributed by atoms with Crippen LogP contribution in [-0.4, -0.2) is 47.0 Å². The van der Waals surface area contributed by atoms with Crippen molar-refractivity contribution in [1.82, 2.24) is 5.32 Å². The number of hydrogen-bond donors (Lipinski definition) is 1. The maximum atomic E-state index is 12.6. The number of benzene rings is 2. The summed E-state index contributed by atoms with van der Waals surface area (Å²) in [6, 6.07) is 13.5. The molecule has 0 bridgehead atoms. The molecule has 0 radical (unpaired) electrons. The second kappa shape index (κ2) is 10.2. The average molecular weight is 411 g/mol. The Morgan fingerprint density at radius 2 is 1.67 bits per heavy atom. The van der Waals surface area contributed by atoms with Crippen molar-refractivity contribution in [3.8, 4) is 17.2 Å². The molecule has 30 heavy (non-hydrogen) atoms. The Bertz CT molecular complexity index is 870. The number of hydrogen-bond acceptors (Lipinski definition) is 5. The first-order valence-electron chi connectivity index (χ1n) is 10.0. The van der Waals surface area contributed by atoms with Crippen molar-refractivity contribution in [2.75, 3.05) is 41.1 Å². The highest BCUT2D eigenvalue weighted by atomic mass is 16.5. The van der Waals surface area contributed by atoms with Crippen molar-refractivity contribution in [1.29, 1.82) is 0 Å². The highest BCUT2D eigenvalue weighted by Gasteiger charge is 2.34. The minimum atomic E-state index is -0.153. The molecular weight excluding hydrogens is 382 g/mol. The van der Waals surface area contributed by atoms with E-state index in [2.05, 4.69) is 17.4 Å². The quantitative estimate of drug-likeness (QED) is 0.673. The maximum Gasteiger partial charge on any atom is 0.244 e. The summed E-state index contributed by atoms with van der Waals surface area (Å²) in [6.45, 7) is 1.90. The zero-order chi connectivity index (χ0) is 21.4. The monoisotopic (exact) mass is 411 g/mol. The molecule has 1 heterocycles. The van der Waals surface area contributed by atoms with Crippen LogP contribution in [0.4, 0.5) is 0 Å². The Labute approximate surface area is 177 Å². The van der Waals surface area contributed by atoms with E-state index in [1.165, 1.54) is 11.6 Å². The second-order valence-corrected chi connectivity index (χ2v) is 7.28. The third-order valence-electron chi connectivity index (χ3n) is 5.60. The molecular formula is C24H29NO5. The van der Waals surface area contributed by atoms with Gasteiger partial charge in [0.1, 0.15) is 17.2 Å². The fourth-order valence-corrected chi connectivity index (χ4v) is 3.72. The van der Waals surface area contributed by atoms with E-state index in [0.717, 1.165) is 24.2 Å². The second-order valence-electron chi connectivity index (χ2n) is 7.28. The zero-order valence-corrected chi connectivity index (χ0v) is 17.8. The van der Waals surface area contributed by atoms with E-state index in [1.54, 1.807) is 27.4 Å². The number of rotatable bonds is 8. The first-order valence-corrected chi connectivity index (χ1v) is 10.0. The van der Waals surface area contributed by atoms with Crippen LogP contribution in [0.2, 0.25) is 0 Å². The molecule has 1 fully saturated rings. The topological polar surface area (TPSA) is 66.0 Å². The van der Waals surface area contributed by atoms with Crippen LogP contribution in [0.15, 0.2) is 48.5 Å².